The molecule has 1 heterocycles. The molecule has 1 saturated heterocycles. The van der Waals surface area contributed by atoms with Gasteiger partial charge in [-0.2, -0.15) is 8.78 Å². The third-order valence-corrected chi connectivity index (χ3v) is 7.78. The molecule has 0 spiro atoms. The first-order valence-corrected chi connectivity index (χ1v) is 11.7. The second kappa shape index (κ2) is 9.02. The molecule has 5 nitrogen and oxygen atoms in total. The van der Waals surface area contributed by atoms with Gasteiger partial charge in [0.25, 0.3) is 0 Å². The number of carbonyl (C=O) groups excluding carboxylic acids is 1. The normalized spacial score (nSPS) is 35.2. The van der Waals surface area contributed by atoms with E-state index in [9.17, 15) is 13.6 Å². The Kier molecular flexibility index (Phi) is 6.15. The fourth-order valence-corrected chi connectivity index (χ4v) is 6.13. The molecule has 1 amide bonds. The summed E-state index contributed by atoms with van der Waals surface area (Å²) in [5.41, 5.74) is 0.849. The van der Waals surface area contributed by atoms with Crippen molar-refractivity contribution in [2.45, 2.75) is 63.8 Å². The second-order valence-corrected chi connectivity index (χ2v) is 9.87. The zero-order chi connectivity index (χ0) is 21.4. The minimum atomic E-state index is -2.85. The molecule has 4 aliphatic rings. The Morgan fingerprint density at radius 3 is 2.84 bits per heavy atom. The number of carbonyl (C=O) groups is 1. The van der Waals surface area contributed by atoms with Crippen LogP contribution in [0, 0.1) is 23.7 Å². The van der Waals surface area contributed by atoms with Gasteiger partial charge in [-0.25, -0.2) is 0 Å². The van der Waals surface area contributed by atoms with Gasteiger partial charge in [0.2, 0.25) is 5.91 Å². The highest BCUT2D eigenvalue weighted by molar-refractivity contribution is 5.82. The number of morpholine rings is 1. The SMILES string of the molecule is O=C(NC1CCC2CC3CC3CC1C2)C1COCCN1Cc1cccc(OC(F)F)c1. The van der Waals surface area contributed by atoms with E-state index in [-0.39, 0.29) is 23.7 Å². The zero-order valence-corrected chi connectivity index (χ0v) is 17.8. The standard InChI is InChI=1S/C24H32F2N2O3/c25-24(26)31-20-3-1-2-16(10-20)13-28-6-7-30-14-22(28)23(29)27-21-5-4-15-8-17-11-18(17)12-19(21)9-15/h1-3,10,15,17-19,21-22,24H,4-9,11-14H2,(H,27,29). The molecule has 4 fully saturated rings. The molecule has 1 aliphatic heterocycles. The van der Waals surface area contributed by atoms with E-state index in [4.69, 9.17) is 4.74 Å². The molecular weight excluding hydrogens is 402 g/mol. The van der Waals surface area contributed by atoms with Crippen LogP contribution in [0.3, 0.4) is 0 Å². The van der Waals surface area contributed by atoms with Crippen LogP contribution in [0.5, 0.6) is 5.75 Å². The summed E-state index contributed by atoms with van der Waals surface area (Å²) in [7, 11) is 0. The first kappa shape index (κ1) is 21.1. The fourth-order valence-electron chi connectivity index (χ4n) is 6.13. The number of nitrogens with zero attached hydrogens (tertiary/aromatic N) is 1. The Morgan fingerprint density at radius 1 is 1.16 bits per heavy atom. The van der Waals surface area contributed by atoms with Crippen LogP contribution in [0.1, 0.15) is 44.1 Å². The van der Waals surface area contributed by atoms with Gasteiger partial charge in [-0.1, -0.05) is 12.1 Å². The number of fused-ring (bicyclic) bond motifs is 3. The maximum absolute atomic E-state index is 13.3. The van der Waals surface area contributed by atoms with Gasteiger partial charge >= 0.3 is 6.61 Å². The largest absolute Gasteiger partial charge is 0.435 e. The Hall–Kier alpha value is -1.73. The van der Waals surface area contributed by atoms with Crippen molar-refractivity contribution in [2.24, 2.45) is 23.7 Å². The van der Waals surface area contributed by atoms with Crippen LogP contribution in [0.15, 0.2) is 24.3 Å². The molecule has 1 aromatic rings. The van der Waals surface area contributed by atoms with Crippen molar-refractivity contribution >= 4 is 5.91 Å². The lowest BCUT2D eigenvalue weighted by Gasteiger charge is -2.39. The van der Waals surface area contributed by atoms with Crippen LogP contribution in [0.25, 0.3) is 0 Å². The highest BCUT2D eigenvalue weighted by atomic mass is 19.3. The van der Waals surface area contributed by atoms with Crippen molar-refractivity contribution in [3.8, 4) is 5.75 Å². The molecule has 6 atom stereocenters. The number of benzene rings is 1. The predicted molar refractivity (Wildman–Crippen MR) is 112 cm³/mol. The molecule has 170 valence electrons. The average molecular weight is 435 g/mol. The van der Waals surface area contributed by atoms with Crippen molar-refractivity contribution in [1.29, 1.82) is 0 Å². The van der Waals surface area contributed by atoms with E-state index < -0.39 is 6.61 Å². The van der Waals surface area contributed by atoms with Gasteiger partial charge in [-0.3, -0.25) is 9.69 Å². The summed E-state index contributed by atoms with van der Waals surface area (Å²) < 4.78 is 35.2. The molecule has 1 aromatic carbocycles. The van der Waals surface area contributed by atoms with Gasteiger partial charge in [-0.05, 0) is 79.9 Å². The number of hydrogen-bond acceptors (Lipinski definition) is 4. The van der Waals surface area contributed by atoms with Crippen molar-refractivity contribution in [3.05, 3.63) is 29.8 Å². The second-order valence-electron chi connectivity index (χ2n) is 9.87. The van der Waals surface area contributed by atoms with Crippen molar-refractivity contribution < 1.29 is 23.0 Å². The lowest BCUT2D eigenvalue weighted by atomic mass is 9.76. The summed E-state index contributed by atoms with van der Waals surface area (Å²) in [6.45, 7) is -0.778. The van der Waals surface area contributed by atoms with E-state index in [1.807, 2.05) is 6.07 Å². The van der Waals surface area contributed by atoms with Gasteiger partial charge < -0.3 is 14.8 Å². The Balaban J connectivity index is 1.22. The average Bonchev–Trinajstić information content (AvgIpc) is 3.48. The van der Waals surface area contributed by atoms with E-state index in [1.54, 1.807) is 12.1 Å². The van der Waals surface area contributed by atoms with Gasteiger partial charge in [-0.15, -0.1) is 0 Å². The van der Waals surface area contributed by atoms with Crippen LogP contribution in [-0.2, 0) is 16.1 Å². The minimum absolute atomic E-state index is 0.0414. The molecule has 1 N–H and O–H groups in total. The minimum Gasteiger partial charge on any atom is -0.435 e. The Labute approximate surface area is 182 Å². The van der Waals surface area contributed by atoms with Crippen LogP contribution < -0.4 is 10.1 Å². The summed E-state index contributed by atoms with van der Waals surface area (Å²) >= 11 is 0. The monoisotopic (exact) mass is 434 g/mol. The first-order chi connectivity index (χ1) is 15.0. The quantitative estimate of drug-likeness (QED) is 0.740. The number of alkyl halides is 2. The molecule has 6 unspecified atom stereocenters. The van der Waals surface area contributed by atoms with E-state index in [0.29, 0.717) is 32.2 Å². The lowest BCUT2D eigenvalue weighted by Crippen LogP contribution is -2.56. The summed E-state index contributed by atoms with van der Waals surface area (Å²) in [6.07, 6.45) is 7.65. The third-order valence-electron chi connectivity index (χ3n) is 7.78. The predicted octanol–water partition coefficient (Wildman–Crippen LogP) is 3.82. The Morgan fingerprint density at radius 2 is 1.97 bits per heavy atom. The van der Waals surface area contributed by atoms with Gasteiger partial charge in [0.15, 0.2) is 0 Å². The smallest absolute Gasteiger partial charge is 0.387 e. The summed E-state index contributed by atoms with van der Waals surface area (Å²) in [5.74, 6) is 3.50. The highest BCUT2D eigenvalue weighted by Gasteiger charge is 2.47. The summed E-state index contributed by atoms with van der Waals surface area (Å²) in [4.78, 5) is 15.4. The van der Waals surface area contributed by atoms with Crippen LogP contribution in [0.4, 0.5) is 8.78 Å². The number of amides is 1. The molecule has 0 aromatic heterocycles. The van der Waals surface area contributed by atoms with Gasteiger partial charge in [0.05, 0.1) is 13.2 Å². The van der Waals surface area contributed by atoms with Gasteiger partial charge in [0, 0.05) is 19.1 Å². The number of halogens is 2. The molecule has 0 radical (unpaired) electrons. The van der Waals surface area contributed by atoms with Crippen molar-refractivity contribution in [1.82, 2.24) is 10.2 Å². The highest BCUT2D eigenvalue weighted by Crippen LogP contribution is 2.54. The molecular formula is C24H32F2N2O3. The number of hydrogen-bond donors (Lipinski definition) is 1. The molecule has 7 heteroatoms. The fraction of sp³-hybridized carbons (Fsp3) is 0.708. The molecule has 3 aliphatic carbocycles. The molecule has 31 heavy (non-hydrogen) atoms. The van der Waals surface area contributed by atoms with E-state index in [0.717, 1.165) is 29.7 Å². The number of rotatable bonds is 6. The zero-order valence-electron chi connectivity index (χ0n) is 17.8. The molecule has 2 bridgehead atoms. The van der Waals surface area contributed by atoms with Crippen LogP contribution in [0.2, 0.25) is 0 Å². The molecule has 5 rings (SSSR count). The van der Waals surface area contributed by atoms with Crippen molar-refractivity contribution in [2.75, 3.05) is 19.8 Å². The van der Waals surface area contributed by atoms with E-state index in [1.165, 1.54) is 38.2 Å². The van der Waals surface area contributed by atoms with Crippen LogP contribution >= 0.6 is 0 Å². The number of nitrogens with one attached hydrogen (secondary N) is 1. The van der Waals surface area contributed by atoms with Gasteiger partial charge in [0.1, 0.15) is 11.8 Å². The number of ether oxygens (including phenoxy) is 2. The maximum atomic E-state index is 13.3. The third kappa shape index (κ3) is 5.03. The first-order valence-electron chi connectivity index (χ1n) is 11.7. The lowest BCUT2D eigenvalue weighted by molar-refractivity contribution is -0.134. The summed E-state index contributed by atoms with van der Waals surface area (Å²) in [6, 6.07) is 6.64. The topological polar surface area (TPSA) is 50.8 Å². The Bertz CT molecular complexity index is 790. The maximum Gasteiger partial charge on any atom is 0.387 e. The van der Waals surface area contributed by atoms with Crippen molar-refractivity contribution in [3.63, 3.8) is 0 Å². The van der Waals surface area contributed by atoms with E-state index >= 15 is 0 Å². The molecule has 3 saturated carbocycles. The summed E-state index contributed by atoms with van der Waals surface area (Å²) in [5, 5.41) is 3.38. The van der Waals surface area contributed by atoms with E-state index in [2.05, 4.69) is 15.0 Å². The van der Waals surface area contributed by atoms with Crippen LogP contribution in [-0.4, -0.2) is 49.3 Å².